The quantitative estimate of drug-likeness (QED) is 0.703. The number of nitrogens with zero attached hydrogens (tertiary/aromatic N) is 1. The highest BCUT2D eigenvalue weighted by Crippen LogP contribution is 2.22. The van der Waals surface area contributed by atoms with Crippen LogP contribution in [0.25, 0.3) is 0 Å². The Bertz CT molecular complexity index is 676. The molecule has 2 amide bonds. The number of carbonyl (C=O) groups excluding carboxylic acids is 3. The summed E-state index contributed by atoms with van der Waals surface area (Å²) in [5, 5.41) is 5.34. The van der Waals surface area contributed by atoms with Gasteiger partial charge in [-0.15, -0.1) is 0 Å². The van der Waals surface area contributed by atoms with Gasteiger partial charge in [0.15, 0.2) is 11.9 Å². The van der Waals surface area contributed by atoms with Crippen molar-refractivity contribution in [1.82, 2.24) is 10.3 Å². The van der Waals surface area contributed by atoms with Crippen molar-refractivity contribution in [3.05, 3.63) is 22.3 Å². The maximum absolute atomic E-state index is 12.0. The Morgan fingerprint density at radius 3 is 2.50 bits per heavy atom. The fourth-order valence-corrected chi connectivity index (χ4v) is 2.04. The summed E-state index contributed by atoms with van der Waals surface area (Å²) in [6.07, 6.45) is -0.504. The van der Waals surface area contributed by atoms with Crippen molar-refractivity contribution < 1.29 is 23.9 Å². The summed E-state index contributed by atoms with van der Waals surface area (Å²) in [6, 6.07) is 1.42. The number of hydrogen-bond donors (Lipinski definition) is 2. The number of ether oxygens (including phenoxy) is 2. The van der Waals surface area contributed by atoms with E-state index in [2.05, 4.69) is 15.6 Å². The number of pyridine rings is 1. The highest BCUT2D eigenvalue weighted by molar-refractivity contribution is 6.36. The first-order chi connectivity index (χ1) is 12.0. The van der Waals surface area contributed by atoms with Gasteiger partial charge in [-0.1, -0.05) is 23.2 Å². The van der Waals surface area contributed by atoms with Crippen molar-refractivity contribution in [3.8, 4) is 0 Å². The van der Waals surface area contributed by atoms with Crippen LogP contribution in [0.15, 0.2) is 12.3 Å². The first-order valence-corrected chi connectivity index (χ1v) is 8.52. The summed E-state index contributed by atoms with van der Waals surface area (Å²) in [7, 11) is 0. The number of esters is 1. The molecule has 8 nitrogen and oxygen atoms in total. The molecule has 0 spiro atoms. The van der Waals surface area contributed by atoms with E-state index in [0.717, 1.165) is 0 Å². The first-order valence-electron chi connectivity index (χ1n) is 7.76. The maximum atomic E-state index is 12.0. The minimum Gasteiger partial charge on any atom is -0.452 e. The van der Waals surface area contributed by atoms with Gasteiger partial charge in [0.05, 0.1) is 16.5 Å². The Kier molecular flexibility index (Phi) is 8.10. The van der Waals surface area contributed by atoms with Crippen LogP contribution in [-0.4, -0.2) is 41.2 Å². The Morgan fingerprint density at radius 2 is 1.92 bits per heavy atom. The van der Waals surface area contributed by atoms with Crippen molar-refractivity contribution in [1.29, 1.82) is 0 Å². The number of carbonyl (C=O) groups is 3. The number of alkyl carbamates (subject to hydrolysis) is 1. The Hall–Kier alpha value is -2.06. The molecule has 1 atom stereocenters. The zero-order valence-corrected chi connectivity index (χ0v) is 16.4. The molecule has 2 N–H and O–H groups in total. The molecule has 0 aromatic carbocycles. The molecule has 0 fully saturated rings. The number of anilines is 1. The molecule has 26 heavy (non-hydrogen) atoms. The van der Waals surface area contributed by atoms with E-state index >= 15 is 0 Å². The SMILES string of the molecule is C[C@H](OC(=O)CCNC(=O)OC(C)(C)C)C(=O)Nc1ncc(Cl)cc1Cl. The number of aromatic nitrogens is 1. The van der Waals surface area contributed by atoms with E-state index < -0.39 is 29.7 Å². The molecule has 0 bridgehead atoms. The third-order valence-electron chi connectivity index (χ3n) is 2.72. The predicted molar refractivity (Wildman–Crippen MR) is 97.3 cm³/mol. The molecule has 10 heteroatoms. The Morgan fingerprint density at radius 1 is 1.27 bits per heavy atom. The molecule has 144 valence electrons. The second-order valence-corrected chi connectivity index (χ2v) is 7.13. The molecule has 0 saturated carbocycles. The second kappa shape index (κ2) is 9.59. The van der Waals surface area contributed by atoms with Gasteiger partial charge in [0.2, 0.25) is 0 Å². The molecule has 1 aromatic rings. The Labute approximate surface area is 161 Å². The predicted octanol–water partition coefficient (Wildman–Crippen LogP) is 3.17. The lowest BCUT2D eigenvalue weighted by atomic mass is 10.2. The molecule has 0 unspecified atom stereocenters. The lowest BCUT2D eigenvalue weighted by Crippen LogP contribution is -2.35. The van der Waals surface area contributed by atoms with Gasteiger partial charge >= 0.3 is 12.1 Å². The Balaban J connectivity index is 2.39. The van der Waals surface area contributed by atoms with Crippen LogP contribution in [0.4, 0.5) is 10.6 Å². The molecular formula is C16H21Cl2N3O5. The third-order valence-corrected chi connectivity index (χ3v) is 3.22. The van der Waals surface area contributed by atoms with E-state index in [9.17, 15) is 14.4 Å². The minimum atomic E-state index is -1.07. The van der Waals surface area contributed by atoms with Crippen molar-refractivity contribution >= 4 is 47.0 Å². The van der Waals surface area contributed by atoms with E-state index in [4.69, 9.17) is 32.7 Å². The standard InChI is InChI=1S/C16H21Cl2N3O5/c1-9(14(23)21-13-11(18)7-10(17)8-20-13)25-12(22)5-6-19-15(24)26-16(2,3)4/h7-9H,5-6H2,1-4H3,(H,19,24)(H,20,21,23)/t9-/m0/s1. The van der Waals surface area contributed by atoms with Crippen molar-refractivity contribution in [2.45, 2.75) is 45.8 Å². The van der Waals surface area contributed by atoms with Gasteiger partial charge in [-0.25, -0.2) is 9.78 Å². The largest absolute Gasteiger partial charge is 0.452 e. The molecule has 0 saturated heterocycles. The molecule has 0 radical (unpaired) electrons. The minimum absolute atomic E-state index is 0.0205. The van der Waals surface area contributed by atoms with Gasteiger partial charge < -0.3 is 20.1 Å². The normalized spacial score (nSPS) is 12.1. The highest BCUT2D eigenvalue weighted by Gasteiger charge is 2.20. The van der Waals surface area contributed by atoms with Crippen molar-refractivity contribution in [2.24, 2.45) is 0 Å². The van der Waals surface area contributed by atoms with E-state index in [1.807, 2.05) is 0 Å². The second-order valence-electron chi connectivity index (χ2n) is 6.28. The zero-order valence-electron chi connectivity index (χ0n) is 14.9. The van der Waals surface area contributed by atoms with Gasteiger partial charge in [0.25, 0.3) is 5.91 Å². The smallest absolute Gasteiger partial charge is 0.407 e. The molecular weight excluding hydrogens is 385 g/mol. The van der Waals surface area contributed by atoms with Crippen molar-refractivity contribution in [2.75, 3.05) is 11.9 Å². The van der Waals surface area contributed by atoms with Crippen LogP contribution in [0.3, 0.4) is 0 Å². The third kappa shape index (κ3) is 8.35. The van der Waals surface area contributed by atoms with Crippen molar-refractivity contribution in [3.63, 3.8) is 0 Å². The average Bonchev–Trinajstić information content (AvgIpc) is 2.48. The molecule has 0 aliphatic rings. The van der Waals surface area contributed by atoms with Gasteiger partial charge in [0, 0.05) is 12.7 Å². The molecule has 1 heterocycles. The van der Waals surface area contributed by atoms with Gasteiger partial charge in [0.1, 0.15) is 5.60 Å². The van der Waals surface area contributed by atoms with Crippen LogP contribution in [0, 0.1) is 0 Å². The lowest BCUT2D eigenvalue weighted by molar-refractivity contribution is -0.153. The van der Waals surface area contributed by atoms with E-state index in [1.165, 1.54) is 19.2 Å². The first kappa shape index (κ1) is 22.0. The number of amides is 2. The van der Waals surface area contributed by atoms with Crippen LogP contribution in [0.2, 0.25) is 10.0 Å². The number of nitrogens with one attached hydrogen (secondary N) is 2. The summed E-state index contributed by atoms with van der Waals surface area (Å²) >= 11 is 11.6. The highest BCUT2D eigenvalue weighted by atomic mass is 35.5. The topological polar surface area (TPSA) is 107 Å². The lowest BCUT2D eigenvalue weighted by Gasteiger charge is -2.19. The summed E-state index contributed by atoms with van der Waals surface area (Å²) in [4.78, 5) is 39.1. The van der Waals surface area contributed by atoms with Gasteiger partial charge in [-0.3, -0.25) is 9.59 Å². The molecule has 1 rings (SSSR count). The number of hydrogen-bond acceptors (Lipinski definition) is 6. The summed E-state index contributed by atoms with van der Waals surface area (Å²) in [5.74, 6) is -1.15. The summed E-state index contributed by atoms with van der Waals surface area (Å²) in [5.41, 5.74) is -0.631. The van der Waals surface area contributed by atoms with Gasteiger partial charge in [-0.2, -0.15) is 0 Å². The number of halogens is 2. The molecule has 1 aromatic heterocycles. The fourth-order valence-electron chi connectivity index (χ4n) is 1.62. The average molecular weight is 406 g/mol. The maximum Gasteiger partial charge on any atom is 0.407 e. The van der Waals surface area contributed by atoms with E-state index in [0.29, 0.717) is 5.02 Å². The van der Waals surface area contributed by atoms with Crippen LogP contribution in [0.1, 0.15) is 34.1 Å². The fraction of sp³-hybridized carbons (Fsp3) is 0.500. The summed E-state index contributed by atoms with van der Waals surface area (Å²) < 4.78 is 10.0. The monoisotopic (exact) mass is 405 g/mol. The van der Waals surface area contributed by atoms with Crippen LogP contribution in [-0.2, 0) is 19.1 Å². The van der Waals surface area contributed by atoms with Crippen LogP contribution in [0.5, 0.6) is 0 Å². The number of rotatable bonds is 6. The van der Waals surface area contributed by atoms with Gasteiger partial charge in [-0.05, 0) is 33.8 Å². The van der Waals surface area contributed by atoms with Crippen LogP contribution >= 0.6 is 23.2 Å². The van der Waals surface area contributed by atoms with E-state index in [-0.39, 0.29) is 23.8 Å². The molecule has 0 aliphatic heterocycles. The van der Waals surface area contributed by atoms with Crippen LogP contribution < -0.4 is 10.6 Å². The molecule has 0 aliphatic carbocycles. The summed E-state index contributed by atoms with van der Waals surface area (Å²) in [6.45, 7) is 6.60. The zero-order chi connectivity index (χ0) is 19.9. The van der Waals surface area contributed by atoms with E-state index in [1.54, 1.807) is 20.8 Å².